The molecule has 0 fully saturated rings. The largest absolute Gasteiger partial charge is 0.293 e. The van der Waals surface area contributed by atoms with Crippen LogP contribution in [0.5, 0.6) is 0 Å². The number of nitrogens with zero attached hydrogens (tertiary/aromatic N) is 6. The Kier molecular flexibility index (Phi) is 5.58. The predicted octanol–water partition coefficient (Wildman–Crippen LogP) is 5.23. The summed E-state index contributed by atoms with van der Waals surface area (Å²) < 4.78 is 3.59. The van der Waals surface area contributed by atoms with E-state index >= 15 is 0 Å². The summed E-state index contributed by atoms with van der Waals surface area (Å²) in [4.78, 5) is 8.60. The van der Waals surface area contributed by atoms with Crippen molar-refractivity contribution >= 4 is 28.5 Å². The van der Waals surface area contributed by atoms with Crippen LogP contribution in [-0.2, 0) is 7.05 Å². The molecule has 1 N–H and O–H groups in total. The fourth-order valence-electron chi connectivity index (χ4n) is 3.47. The van der Waals surface area contributed by atoms with E-state index in [9.17, 15) is 0 Å². The fraction of sp³-hybridized carbons (Fsp3) is 0.0800. The van der Waals surface area contributed by atoms with Crippen molar-refractivity contribution in [1.29, 1.82) is 5.41 Å². The number of thioether (sulfide) groups is 1. The number of hydrogen-bond donors (Lipinski definition) is 1. The molecular formula is C25H21N7S. The average Bonchev–Trinajstić information content (AvgIpc) is 3.42. The quantitative estimate of drug-likeness (QED) is 0.292. The second-order valence-corrected chi connectivity index (χ2v) is 8.52. The van der Waals surface area contributed by atoms with Gasteiger partial charge in [0.05, 0.1) is 22.6 Å². The molecule has 8 heteroatoms. The minimum absolute atomic E-state index is 0.457. The van der Waals surface area contributed by atoms with Crippen molar-refractivity contribution in [2.24, 2.45) is 7.05 Å². The maximum Gasteiger partial charge on any atom is 0.154 e. The van der Waals surface area contributed by atoms with Crippen LogP contribution in [0.3, 0.4) is 0 Å². The average molecular weight is 452 g/mol. The van der Waals surface area contributed by atoms with Gasteiger partial charge in [0.25, 0.3) is 0 Å². The van der Waals surface area contributed by atoms with Gasteiger partial charge in [-0.15, -0.1) is 0 Å². The highest BCUT2D eigenvalue weighted by Crippen LogP contribution is 2.30. The summed E-state index contributed by atoms with van der Waals surface area (Å²) in [6, 6.07) is 15.9. The molecule has 0 amide bonds. The van der Waals surface area contributed by atoms with Crippen LogP contribution in [0.25, 0.3) is 34.2 Å². The zero-order chi connectivity index (χ0) is 22.8. The number of hydrogen-bond acceptors (Lipinski definition) is 6. The minimum Gasteiger partial charge on any atom is -0.293 e. The predicted molar refractivity (Wildman–Crippen MR) is 133 cm³/mol. The minimum atomic E-state index is 0.457. The van der Waals surface area contributed by atoms with E-state index in [1.165, 1.54) is 17.3 Å². The summed E-state index contributed by atoms with van der Waals surface area (Å²) in [5, 5.41) is 19.9. The Balaban J connectivity index is 1.40. The monoisotopic (exact) mass is 451 g/mol. The molecule has 5 rings (SSSR count). The van der Waals surface area contributed by atoms with Gasteiger partial charge in [-0.3, -0.25) is 15.1 Å². The Hall–Kier alpha value is -4.04. The van der Waals surface area contributed by atoms with E-state index in [1.54, 1.807) is 16.9 Å². The lowest BCUT2D eigenvalue weighted by molar-refractivity contribution is 0.771. The molecule has 0 radical (unpaired) electrons. The van der Waals surface area contributed by atoms with E-state index in [1.807, 2.05) is 59.9 Å². The van der Waals surface area contributed by atoms with Crippen molar-refractivity contribution < 1.29 is 0 Å². The number of aryl methyl sites for hydroxylation is 2. The number of benzene rings is 1. The van der Waals surface area contributed by atoms with Gasteiger partial charge in [0.2, 0.25) is 0 Å². The standard InChI is InChI=1S/C25H21N7S/c1-17-3-5-18(6-4-17)24-21(16-31(2)30-24)22-7-8-23-28-20(15-32(23)29-22)11-14-33-25(26)19-9-12-27-13-10-19/h3-16,26H,1-2H3/b14-11+,26-25?. The van der Waals surface area contributed by atoms with Gasteiger partial charge in [-0.25, -0.2) is 9.50 Å². The van der Waals surface area contributed by atoms with Gasteiger partial charge in [-0.1, -0.05) is 41.6 Å². The van der Waals surface area contributed by atoms with Crippen LogP contribution in [0.4, 0.5) is 0 Å². The fourth-order valence-corrected chi connectivity index (χ4v) is 4.08. The molecule has 4 heterocycles. The first-order valence-electron chi connectivity index (χ1n) is 10.4. The van der Waals surface area contributed by atoms with Gasteiger partial charge in [-0.2, -0.15) is 10.2 Å². The molecule has 0 spiro atoms. The summed E-state index contributed by atoms with van der Waals surface area (Å²) in [5.41, 5.74) is 7.33. The van der Waals surface area contributed by atoms with Crippen LogP contribution >= 0.6 is 11.8 Å². The zero-order valence-corrected chi connectivity index (χ0v) is 19.0. The van der Waals surface area contributed by atoms with E-state index in [0.717, 1.165) is 39.4 Å². The molecule has 0 saturated carbocycles. The van der Waals surface area contributed by atoms with Crippen molar-refractivity contribution in [2.45, 2.75) is 6.92 Å². The SMILES string of the molecule is Cc1ccc(-c2nn(C)cc2-c2ccc3nc(/C=C/SC(=N)c4ccncc4)cn3n2)cc1. The third-order valence-electron chi connectivity index (χ3n) is 5.14. The second-order valence-electron chi connectivity index (χ2n) is 7.60. The topological polar surface area (TPSA) is 84.8 Å². The van der Waals surface area contributed by atoms with Crippen LogP contribution in [0.2, 0.25) is 0 Å². The highest BCUT2D eigenvalue weighted by atomic mass is 32.2. The molecule has 7 nitrogen and oxygen atoms in total. The van der Waals surface area contributed by atoms with E-state index in [-0.39, 0.29) is 0 Å². The van der Waals surface area contributed by atoms with Crippen LogP contribution in [0.1, 0.15) is 16.8 Å². The van der Waals surface area contributed by atoms with Crippen LogP contribution in [0, 0.1) is 12.3 Å². The summed E-state index contributed by atoms with van der Waals surface area (Å²) in [5.74, 6) is 0. The molecular weight excluding hydrogens is 430 g/mol. The van der Waals surface area contributed by atoms with Gasteiger partial charge in [0.1, 0.15) is 5.69 Å². The molecule has 0 bridgehead atoms. The van der Waals surface area contributed by atoms with Gasteiger partial charge in [-0.05, 0) is 42.7 Å². The lowest BCUT2D eigenvalue weighted by atomic mass is 10.0. The van der Waals surface area contributed by atoms with Crippen LogP contribution < -0.4 is 0 Å². The molecule has 162 valence electrons. The van der Waals surface area contributed by atoms with Crippen molar-refractivity contribution in [3.63, 3.8) is 0 Å². The smallest absolute Gasteiger partial charge is 0.154 e. The third-order valence-corrected chi connectivity index (χ3v) is 5.88. The molecule has 0 unspecified atom stereocenters. The summed E-state index contributed by atoms with van der Waals surface area (Å²) in [7, 11) is 1.92. The number of pyridine rings is 1. The zero-order valence-electron chi connectivity index (χ0n) is 18.2. The third kappa shape index (κ3) is 4.47. The first kappa shape index (κ1) is 20.8. The Bertz CT molecular complexity index is 1460. The van der Waals surface area contributed by atoms with E-state index < -0.39 is 0 Å². The van der Waals surface area contributed by atoms with Crippen molar-refractivity contribution in [2.75, 3.05) is 0 Å². The molecule has 33 heavy (non-hydrogen) atoms. The highest BCUT2D eigenvalue weighted by Gasteiger charge is 2.14. The Morgan fingerprint density at radius 2 is 1.76 bits per heavy atom. The van der Waals surface area contributed by atoms with Gasteiger partial charge in [0.15, 0.2) is 5.65 Å². The molecule has 4 aromatic heterocycles. The number of imidazole rings is 1. The first-order chi connectivity index (χ1) is 16.1. The Morgan fingerprint density at radius 3 is 2.55 bits per heavy atom. The van der Waals surface area contributed by atoms with E-state index in [2.05, 4.69) is 46.3 Å². The maximum absolute atomic E-state index is 8.17. The van der Waals surface area contributed by atoms with E-state index in [0.29, 0.717) is 5.04 Å². The van der Waals surface area contributed by atoms with Crippen LogP contribution in [-0.4, -0.2) is 34.4 Å². The first-order valence-corrected chi connectivity index (χ1v) is 11.2. The number of aromatic nitrogens is 6. The van der Waals surface area contributed by atoms with Crippen molar-refractivity contribution in [3.05, 3.63) is 95.5 Å². The van der Waals surface area contributed by atoms with Crippen molar-refractivity contribution in [3.8, 4) is 22.5 Å². The molecule has 0 aliphatic carbocycles. The number of rotatable bonds is 5. The summed E-state index contributed by atoms with van der Waals surface area (Å²) in [6.07, 6.45) is 9.13. The molecule has 0 aliphatic heterocycles. The van der Waals surface area contributed by atoms with Gasteiger partial charge in [0, 0.05) is 42.3 Å². The second kappa shape index (κ2) is 8.84. The number of fused-ring (bicyclic) bond motifs is 1. The van der Waals surface area contributed by atoms with Gasteiger partial charge < -0.3 is 0 Å². The van der Waals surface area contributed by atoms with E-state index in [4.69, 9.17) is 10.5 Å². The molecule has 0 atom stereocenters. The van der Waals surface area contributed by atoms with Gasteiger partial charge >= 0.3 is 0 Å². The highest BCUT2D eigenvalue weighted by molar-refractivity contribution is 8.16. The Labute approximate surface area is 195 Å². The Morgan fingerprint density at radius 1 is 0.970 bits per heavy atom. The van der Waals surface area contributed by atoms with Crippen LogP contribution in [0.15, 0.2) is 78.7 Å². The summed E-state index contributed by atoms with van der Waals surface area (Å²) in [6.45, 7) is 2.07. The molecule has 0 aliphatic rings. The molecule has 1 aromatic carbocycles. The molecule has 0 saturated heterocycles. The van der Waals surface area contributed by atoms with Crippen molar-refractivity contribution in [1.82, 2.24) is 29.4 Å². The summed E-state index contributed by atoms with van der Waals surface area (Å²) >= 11 is 1.33. The molecule has 5 aromatic rings. The maximum atomic E-state index is 8.17. The lowest BCUT2D eigenvalue weighted by Crippen LogP contribution is -1.93. The lowest BCUT2D eigenvalue weighted by Gasteiger charge is -2.03. The number of nitrogens with one attached hydrogen (secondary N) is 1. The normalized spacial score (nSPS) is 11.5.